The van der Waals surface area contributed by atoms with Gasteiger partial charge < -0.3 is 0 Å². The van der Waals surface area contributed by atoms with Gasteiger partial charge in [-0.25, -0.2) is 0 Å². The first-order chi connectivity index (χ1) is 4.20. The molecule has 0 amide bonds. The maximum absolute atomic E-state index is 10.8. The van der Waals surface area contributed by atoms with Crippen LogP contribution in [0.15, 0.2) is 0 Å². The largest absolute Gasteiger partial charge is 0.300 e. The molecule has 1 atom stereocenters. The summed E-state index contributed by atoms with van der Waals surface area (Å²) in [7, 11) is 0. The van der Waals surface area contributed by atoms with Gasteiger partial charge in [-0.05, 0) is 18.3 Å². The Hall–Kier alpha value is -0.330. The fourth-order valence-electron chi connectivity index (χ4n) is 1.41. The van der Waals surface area contributed by atoms with Crippen molar-refractivity contribution >= 4 is 5.78 Å². The van der Waals surface area contributed by atoms with Gasteiger partial charge in [-0.2, -0.15) is 0 Å². The van der Waals surface area contributed by atoms with Crippen molar-refractivity contribution < 1.29 is 4.79 Å². The van der Waals surface area contributed by atoms with Gasteiger partial charge in [-0.15, -0.1) is 0 Å². The highest BCUT2D eigenvalue weighted by Crippen LogP contribution is 2.28. The van der Waals surface area contributed by atoms with Gasteiger partial charge in [0, 0.05) is 12.8 Å². The van der Waals surface area contributed by atoms with Gasteiger partial charge in [-0.3, -0.25) is 4.79 Å². The van der Waals surface area contributed by atoms with E-state index in [0.717, 1.165) is 19.3 Å². The SMILES string of the molecule is C.CC(C)C1CCC(=O)C1. The predicted molar refractivity (Wildman–Crippen MR) is 43.9 cm³/mol. The van der Waals surface area contributed by atoms with E-state index in [9.17, 15) is 4.79 Å². The topological polar surface area (TPSA) is 17.1 Å². The molecule has 1 fully saturated rings. The summed E-state index contributed by atoms with van der Waals surface area (Å²) in [5.41, 5.74) is 0. The highest BCUT2D eigenvalue weighted by molar-refractivity contribution is 5.80. The molecule has 10 heavy (non-hydrogen) atoms. The molecule has 0 bridgehead atoms. The lowest BCUT2D eigenvalue weighted by Crippen LogP contribution is -2.03. The molecule has 0 saturated heterocycles. The van der Waals surface area contributed by atoms with Crippen LogP contribution in [0.2, 0.25) is 0 Å². The van der Waals surface area contributed by atoms with Crippen molar-refractivity contribution in [1.29, 1.82) is 0 Å². The molecular formula is C9H18O. The third-order valence-corrected chi connectivity index (χ3v) is 2.23. The Morgan fingerprint density at radius 1 is 1.50 bits per heavy atom. The van der Waals surface area contributed by atoms with Gasteiger partial charge in [0.25, 0.3) is 0 Å². The van der Waals surface area contributed by atoms with Crippen LogP contribution in [0.3, 0.4) is 0 Å². The van der Waals surface area contributed by atoms with Crippen LogP contribution in [0.5, 0.6) is 0 Å². The molecule has 60 valence electrons. The van der Waals surface area contributed by atoms with E-state index >= 15 is 0 Å². The molecular weight excluding hydrogens is 124 g/mol. The van der Waals surface area contributed by atoms with Gasteiger partial charge in [0.15, 0.2) is 0 Å². The van der Waals surface area contributed by atoms with Crippen molar-refractivity contribution in [3.63, 3.8) is 0 Å². The van der Waals surface area contributed by atoms with Crippen molar-refractivity contribution in [2.75, 3.05) is 0 Å². The van der Waals surface area contributed by atoms with Gasteiger partial charge in [0.2, 0.25) is 0 Å². The lowest BCUT2D eigenvalue weighted by atomic mass is 9.95. The standard InChI is InChI=1S/C8H14O.CH4/c1-6(2)7-3-4-8(9)5-7;/h6-7H,3-5H2,1-2H3;1H4. The van der Waals surface area contributed by atoms with Crippen molar-refractivity contribution in [3.05, 3.63) is 0 Å². The molecule has 0 heterocycles. The molecule has 0 spiro atoms. The Labute approximate surface area is 63.8 Å². The number of hydrogen-bond donors (Lipinski definition) is 0. The normalized spacial score (nSPS) is 25.1. The highest BCUT2D eigenvalue weighted by atomic mass is 16.1. The zero-order chi connectivity index (χ0) is 6.85. The number of ketones is 1. The molecule has 1 nitrogen and oxygen atoms in total. The van der Waals surface area contributed by atoms with Crippen LogP contribution in [0.25, 0.3) is 0 Å². The van der Waals surface area contributed by atoms with E-state index in [2.05, 4.69) is 13.8 Å². The van der Waals surface area contributed by atoms with E-state index in [1.54, 1.807) is 0 Å². The van der Waals surface area contributed by atoms with Crippen LogP contribution in [-0.4, -0.2) is 5.78 Å². The van der Waals surface area contributed by atoms with E-state index in [1.807, 2.05) is 0 Å². The predicted octanol–water partition coefficient (Wildman–Crippen LogP) is 2.65. The van der Waals surface area contributed by atoms with Crippen LogP contribution in [0, 0.1) is 11.8 Å². The summed E-state index contributed by atoms with van der Waals surface area (Å²) in [5.74, 6) is 1.86. The van der Waals surface area contributed by atoms with E-state index in [0.29, 0.717) is 17.6 Å². The maximum atomic E-state index is 10.8. The van der Waals surface area contributed by atoms with Gasteiger partial charge in [-0.1, -0.05) is 21.3 Å². The number of carbonyl (C=O) groups excluding carboxylic acids is 1. The minimum Gasteiger partial charge on any atom is -0.300 e. The zero-order valence-electron chi connectivity index (χ0n) is 6.18. The summed E-state index contributed by atoms with van der Waals surface area (Å²) in [6.45, 7) is 4.40. The first-order valence-electron chi connectivity index (χ1n) is 3.72. The molecule has 1 rings (SSSR count). The second-order valence-electron chi connectivity index (χ2n) is 3.29. The summed E-state index contributed by atoms with van der Waals surface area (Å²) in [5, 5.41) is 0. The monoisotopic (exact) mass is 142 g/mol. The number of carbonyl (C=O) groups is 1. The fraction of sp³-hybridized carbons (Fsp3) is 0.889. The van der Waals surface area contributed by atoms with Gasteiger partial charge in [0.1, 0.15) is 5.78 Å². The average Bonchev–Trinajstić information content (AvgIpc) is 2.14. The number of hydrogen-bond acceptors (Lipinski definition) is 1. The summed E-state index contributed by atoms with van der Waals surface area (Å²) in [4.78, 5) is 10.8. The van der Waals surface area contributed by atoms with Crippen molar-refractivity contribution in [3.8, 4) is 0 Å². The smallest absolute Gasteiger partial charge is 0.133 e. The Bertz CT molecular complexity index is 116. The second kappa shape index (κ2) is 3.75. The molecule has 0 N–H and O–H groups in total. The number of Topliss-reactive ketones (excluding diaryl/α,β-unsaturated/α-hetero) is 1. The van der Waals surface area contributed by atoms with Crippen molar-refractivity contribution in [2.24, 2.45) is 11.8 Å². The highest BCUT2D eigenvalue weighted by Gasteiger charge is 2.23. The fourth-order valence-corrected chi connectivity index (χ4v) is 1.41. The van der Waals surface area contributed by atoms with Crippen LogP contribution >= 0.6 is 0 Å². The maximum Gasteiger partial charge on any atom is 0.133 e. The van der Waals surface area contributed by atoms with E-state index in [-0.39, 0.29) is 7.43 Å². The first kappa shape index (κ1) is 9.67. The Morgan fingerprint density at radius 2 is 2.10 bits per heavy atom. The minimum absolute atomic E-state index is 0. The number of rotatable bonds is 1. The molecule has 0 aliphatic heterocycles. The van der Waals surface area contributed by atoms with Crippen LogP contribution < -0.4 is 0 Å². The van der Waals surface area contributed by atoms with E-state index in [1.165, 1.54) is 0 Å². The van der Waals surface area contributed by atoms with Gasteiger partial charge in [0.05, 0.1) is 0 Å². The molecule has 1 aliphatic carbocycles. The summed E-state index contributed by atoms with van der Waals surface area (Å²) < 4.78 is 0. The second-order valence-corrected chi connectivity index (χ2v) is 3.29. The lowest BCUT2D eigenvalue weighted by Gasteiger charge is -2.10. The average molecular weight is 142 g/mol. The molecule has 0 aromatic heterocycles. The summed E-state index contributed by atoms with van der Waals surface area (Å²) in [6.07, 6.45) is 2.82. The quantitative estimate of drug-likeness (QED) is 0.550. The Kier molecular flexibility index (Phi) is 3.62. The third kappa shape index (κ3) is 2.13. The molecule has 1 heteroatoms. The van der Waals surface area contributed by atoms with E-state index in [4.69, 9.17) is 0 Å². The summed E-state index contributed by atoms with van der Waals surface area (Å²) >= 11 is 0. The molecule has 0 aromatic carbocycles. The van der Waals surface area contributed by atoms with Gasteiger partial charge >= 0.3 is 0 Å². The zero-order valence-corrected chi connectivity index (χ0v) is 6.18. The van der Waals surface area contributed by atoms with Crippen LogP contribution in [-0.2, 0) is 4.79 Å². The van der Waals surface area contributed by atoms with Crippen LogP contribution in [0.1, 0.15) is 40.5 Å². The first-order valence-corrected chi connectivity index (χ1v) is 3.72. The molecule has 0 radical (unpaired) electrons. The Morgan fingerprint density at radius 3 is 2.30 bits per heavy atom. The van der Waals surface area contributed by atoms with Crippen molar-refractivity contribution in [2.45, 2.75) is 40.5 Å². The van der Waals surface area contributed by atoms with Crippen LogP contribution in [0.4, 0.5) is 0 Å². The molecule has 1 unspecified atom stereocenters. The van der Waals surface area contributed by atoms with Crippen molar-refractivity contribution in [1.82, 2.24) is 0 Å². The molecule has 0 aromatic rings. The third-order valence-electron chi connectivity index (χ3n) is 2.23. The lowest BCUT2D eigenvalue weighted by molar-refractivity contribution is -0.117. The minimum atomic E-state index is 0. The molecule has 1 saturated carbocycles. The summed E-state index contributed by atoms with van der Waals surface area (Å²) in [6, 6.07) is 0. The Balaban J connectivity index is 0.000000810. The molecule has 1 aliphatic rings. The van der Waals surface area contributed by atoms with E-state index < -0.39 is 0 Å².